The molecular formula is C13H14N2O. The van der Waals surface area contributed by atoms with Gasteiger partial charge in [-0.3, -0.25) is 0 Å². The lowest BCUT2D eigenvalue weighted by Gasteiger charge is -2.23. The number of rotatable bonds is 1. The third kappa shape index (κ3) is 1.48. The van der Waals surface area contributed by atoms with Gasteiger partial charge >= 0.3 is 0 Å². The molecule has 0 saturated heterocycles. The normalized spacial score (nSPS) is 19.4. The number of hydrogen-bond acceptors (Lipinski definition) is 3. The number of aromatic nitrogens is 1. The smallest absolute Gasteiger partial charge is 0.167 e. The largest absolute Gasteiger partial charge is 0.381 e. The molecule has 0 bridgehead atoms. The Morgan fingerprint density at radius 3 is 3.00 bits per heavy atom. The minimum Gasteiger partial charge on any atom is -0.381 e. The van der Waals surface area contributed by atoms with Crippen molar-refractivity contribution in [2.45, 2.75) is 25.2 Å². The zero-order valence-corrected chi connectivity index (χ0v) is 9.02. The maximum absolute atomic E-state index is 5.60. The number of nitrogens with two attached hydrogens (primary N) is 1. The minimum atomic E-state index is 0.328. The molecule has 1 aromatic heterocycles. The summed E-state index contributed by atoms with van der Waals surface area (Å²) >= 11 is 0. The fourth-order valence-corrected chi connectivity index (χ4v) is 2.52. The van der Waals surface area contributed by atoms with E-state index in [0.717, 1.165) is 18.6 Å². The second-order valence-corrected chi connectivity index (χ2v) is 4.30. The van der Waals surface area contributed by atoms with Crippen LogP contribution >= 0.6 is 0 Å². The fraction of sp³-hybridized carbons (Fsp3) is 0.308. The number of fused-ring (bicyclic) bond motifs is 1. The first kappa shape index (κ1) is 9.46. The topological polar surface area (TPSA) is 52.0 Å². The van der Waals surface area contributed by atoms with Crippen molar-refractivity contribution in [3.05, 3.63) is 47.2 Å². The lowest BCUT2D eigenvalue weighted by atomic mass is 9.81. The molecule has 16 heavy (non-hydrogen) atoms. The van der Waals surface area contributed by atoms with Crippen LogP contribution in [-0.2, 0) is 6.42 Å². The summed E-state index contributed by atoms with van der Waals surface area (Å²) in [5.74, 6) is 1.69. The van der Waals surface area contributed by atoms with Crippen molar-refractivity contribution >= 4 is 5.82 Å². The van der Waals surface area contributed by atoms with E-state index < -0.39 is 0 Å². The van der Waals surface area contributed by atoms with Crippen LogP contribution in [0.15, 0.2) is 34.9 Å². The SMILES string of the molecule is Nc1cc(C2CCCc3ccccc32)on1. The van der Waals surface area contributed by atoms with Crippen molar-refractivity contribution in [3.63, 3.8) is 0 Å². The van der Waals surface area contributed by atoms with Gasteiger partial charge in [-0.15, -0.1) is 0 Å². The van der Waals surface area contributed by atoms with Crippen LogP contribution in [0.2, 0.25) is 0 Å². The summed E-state index contributed by atoms with van der Waals surface area (Å²) in [5.41, 5.74) is 8.39. The van der Waals surface area contributed by atoms with E-state index in [4.69, 9.17) is 10.3 Å². The van der Waals surface area contributed by atoms with Crippen molar-refractivity contribution in [1.82, 2.24) is 5.16 Å². The number of anilines is 1. The van der Waals surface area contributed by atoms with Gasteiger partial charge in [0.05, 0.1) is 0 Å². The molecule has 2 N–H and O–H groups in total. The zero-order valence-electron chi connectivity index (χ0n) is 9.02. The highest BCUT2D eigenvalue weighted by molar-refractivity contribution is 5.39. The Morgan fingerprint density at radius 2 is 2.19 bits per heavy atom. The number of aryl methyl sites for hydroxylation is 1. The molecule has 1 heterocycles. The van der Waals surface area contributed by atoms with Crippen LogP contribution in [0.1, 0.15) is 35.6 Å². The minimum absolute atomic E-state index is 0.328. The van der Waals surface area contributed by atoms with E-state index in [-0.39, 0.29) is 0 Å². The molecule has 2 aromatic rings. The molecule has 0 aliphatic heterocycles. The molecule has 1 aromatic carbocycles. The predicted octanol–water partition coefficient (Wildman–Crippen LogP) is 2.73. The molecule has 3 rings (SSSR count). The third-order valence-corrected chi connectivity index (χ3v) is 3.26. The van der Waals surface area contributed by atoms with Crippen LogP contribution in [0, 0.1) is 0 Å². The number of nitrogen functional groups attached to an aromatic ring is 1. The summed E-state index contributed by atoms with van der Waals surface area (Å²) < 4.78 is 5.29. The highest BCUT2D eigenvalue weighted by atomic mass is 16.5. The molecule has 1 unspecified atom stereocenters. The maximum atomic E-state index is 5.60. The molecule has 82 valence electrons. The molecule has 3 heteroatoms. The van der Waals surface area contributed by atoms with Gasteiger partial charge in [0.1, 0.15) is 5.76 Å². The van der Waals surface area contributed by atoms with Crippen LogP contribution in [0.5, 0.6) is 0 Å². The predicted molar refractivity (Wildman–Crippen MR) is 62.1 cm³/mol. The Morgan fingerprint density at radius 1 is 1.31 bits per heavy atom. The van der Waals surface area contributed by atoms with Crippen molar-refractivity contribution in [2.75, 3.05) is 5.73 Å². The average Bonchev–Trinajstić information content (AvgIpc) is 2.75. The van der Waals surface area contributed by atoms with Crippen molar-refractivity contribution in [2.24, 2.45) is 0 Å². The highest BCUT2D eigenvalue weighted by Crippen LogP contribution is 2.36. The van der Waals surface area contributed by atoms with E-state index in [0.29, 0.717) is 11.7 Å². The lowest BCUT2D eigenvalue weighted by molar-refractivity contribution is 0.363. The molecule has 0 fully saturated rings. The van der Waals surface area contributed by atoms with Crippen LogP contribution in [0.4, 0.5) is 5.82 Å². The van der Waals surface area contributed by atoms with Crippen molar-refractivity contribution < 1.29 is 4.52 Å². The van der Waals surface area contributed by atoms with E-state index in [2.05, 4.69) is 29.4 Å². The zero-order chi connectivity index (χ0) is 11.0. The van der Waals surface area contributed by atoms with Gasteiger partial charge in [0.15, 0.2) is 5.82 Å². The summed E-state index contributed by atoms with van der Waals surface area (Å²) in [6, 6.07) is 10.4. The van der Waals surface area contributed by atoms with Crippen molar-refractivity contribution in [3.8, 4) is 0 Å². The molecular weight excluding hydrogens is 200 g/mol. The van der Waals surface area contributed by atoms with E-state index in [1.165, 1.54) is 17.5 Å². The molecule has 0 radical (unpaired) electrons. The van der Waals surface area contributed by atoms with Gasteiger partial charge < -0.3 is 10.3 Å². The summed E-state index contributed by atoms with van der Waals surface area (Å²) in [7, 11) is 0. The van der Waals surface area contributed by atoms with E-state index in [1.807, 2.05) is 6.07 Å². The Labute approximate surface area is 94.2 Å². The van der Waals surface area contributed by atoms with Crippen LogP contribution in [0.3, 0.4) is 0 Å². The van der Waals surface area contributed by atoms with E-state index >= 15 is 0 Å². The van der Waals surface area contributed by atoms with E-state index in [1.54, 1.807) is 0 Å². The lowest BCUT2D eigenvalue weighted by Crippen LogP contribution is -2.10. The molecule has 1 atom stereocenters. The first-order valence-corrected chi connectivity index (χ1v) is 5.64. The quantitative estimate of drug-likeness (QED) is 0.794. The first-order valence-electron chi connectivity index (χ1n) is 5.64. The molecule has 3 nitrogen and oxygen atoms in total. The van der Waals surface area contributed by atoms with Crippen molar-refractivity contribution in [1.29, 1.82) is 0 Å². The molecule has 0 amide bonds. The number of hydrogen-bond donors (Lipinski definition) is 1. The Bertz CT molecular complexity index is 504. The maximum Gasteiger partial charge on any atom is 0.167 e. The molecule has 0 spiro atoms. The van der Waals surface area contributed by atoms with Crippen LogP contribution in [0.25, 0.3) is 0 Å². The summed E-state index contributed by atoms with van der Waals surface area (Å²) in [6.07, 6.45) is 3.48. The summed E-state index contributed by atoms with van der Waals surface area (Å²) in [6.45, 7) is 0. The molecule has 0 saturated carbocycles. The monoisotopic (exact) mass is 214 g/mol. The third-order valence-electron chi connectivity index (χ3n) is 3.26. The Balaban J connectivity index is 2.04. The number of benzene rings is 1. The Hall–Kier alpha value is -1.77. The second-order valence-electron chi connectivity index (χ2n) is 4.30. The van der Waals surface area contributed by atoms with Crippen LogP contribution in [-0.4, -0.2) is 5.16 Å². The van der Waals surface area contributed by atoms with Gasteiger partial charge in [-0.1, -0.05) is 29.4 Å². The fourth-order valence-electron chi connectivity index (χ4n) is 2.52. The first-order chi connectivity index (χ1) is 7.84. The summed E-state index contributed by atoms with van der Waals surface area (Å²) in [5, 5.41) is 3.77. The van der Waals surface area contributed by atoms with Gasteiger partial charge in [0.2, 0.25) is 0 Å². The van der Waals surface area contributed by atoms with Crippen LogP contribution < -0.4 is 5.73 Å². The van der Waals surface area contributed by atoms with Gasteiger partial charge in [0, 0.05) is 12.0 Å². The summed E-state index contributed by atoms with van der Waals surface area (Å²) in [4.78, 5) is 0. The van der Waals surface area contributed by atoms with Gasteiger partial charge in [-0.2, -0.15) is 0 Å². The Kier molecular flexibility index (Phi) is 2.17. The molecule has 1 aliphatic rings. The standard InChI is InChI=1S/C13H14N2O/c14-13-8-12(16-15-13)11-7-3-5-9-4-1-2-6-10(9)11/h1-2,4,6,8,11H,3,5,7H2,(H2,14,15). The van der Waals surface area contributed by atoms with Gasteiger partial charge in [0.25, 0.3) is 0 Å². The number of nitrogens with zero attached hydrogens (tertiary/aromatic N) is 1. The average molecular weight is 214 g/mol. The molecule has 1 aliphatic carbocycles. The van der Waals surface area contributed by atoms with Gasteiger partial charge in [-0.25, -0.2) is 0 Å². The highest BCUT2D eigenvalue weighted by Gasteiger charge is 2.24. The van der Waals surface area contributed by atoms with E-state index in [9.17, 15) is 0 Å². The van der Waals surface area contributed by atoms with Gasteiger partial charge in [-0.05, 0) is 30.4 Å². The second kappa shape index (κ2) is 3.67.